The van der Waals surface area contributed by atoms with Crippen molar-refractivity contribution in [2.45, 2.75) is 19.1 Å². The van der Waals surface area contributed by atoms with Crippen LogP contribution in [0.25, 0.3) is 0 Å². The molecule has 0 unspecified atom stereocenters. The molecule has 0 aromatic heterocycles. The molecule has 76 valence electrons. The highest BCUT2D eigenvalue weighted by molar-refractivity contribution is 9.10. The Hall–Kier alpha value is -0.380. The molecule has 0 radical (unpaired) electrons. The van der Waals surface area contributed by atoms with Crippen molar-refractivity contribution in [2.75, 3.05) is 13.2 Å². The van der Waals surface area contributed by atoms with Crippen molar-refractivity contribution in [1.82, 2.24) is 5.32 Å². The summed E-state index contributed by atoms with van der Waals surface area (Å²) in [5, 5.41) is 3.46. The largest absolute Gasteiger partial charge is 0.375 e. The van der Waals surface area contributed by atoms with Crippen molar-refractivity contribution in [1.29, 1.82) is 0 Å². The topological polar surface area (TPSA) is 21.3 Å². The van der Waals surface area contributed by atoms with Gasteiger partial charge in [0, 0.05) is 11.0 Å². The van der Waals surface area contributed by atoms with Crippen LogP contribution < -0.4 is 5.32 Å². The predicted molar refractivity (Wildman–Crippen MR) is 60.3 cm³/mol. The van der Waals surface area contributed by atoms with Gasteiger partial charge in [-0.3, -0.25) is 0 Å². The molecule has 2 rings (SSSR count). The highest BCUT2D eigenvalue weighted by Crippen LogP contribution is 2.19. The Bertz CT molecular complexity index is 291. The molecule has 1 heterocycles. The number of rotatable bonds is 1. The lowest BCUT2D eigenvalue weighted by Crippen LogP contribution is -2.39. The summed E-state index contributed by atoms with van der Waals surface area (Å²) in [5.74, 6) is 0. The molecule has 0 amide bonds. The van der Waals surface area contributed by atoms with Crippen LogP contribution in [-0.2, 0) is 4.74 Å². The highest BCUT2D eigenvalue weighted by atomic mass is 79.9. The molecule has 0 aliphatic carbocycles. The third-order valence-electron chi connectivity index (χ3n) is 2.47. The number of ether oxygens (including phenoxy) is 1. The second-order valence-electron chi connectivity index (χ2n) is 3.66. The average molecular weight is 256 g/mol. The molecule has 2 atom stereocenters. The van der Waals surface area contributed by atoms with Gasteiger partial charge in [0.2, 0.25) is 0 Å². The van der Waals surface area contributed by atoms with Crippen LogP contribution in [0.1, 0.15) is 18.5 Å². The molecule has 2 nitrogen and oxygen atoms in total. The summed E-state index contributed by atoms with van der Waals surface area (Å²) in [7, 11) is 0. The molecule has 14 heavy (non-hydrogen) atoms. The van der Waals surface area contributed by atoms with Crippen molar-refractivity contribution in [3.63, 3.8) is 0 Å². The number of morpholine rings is 1. The summed E-state index contributed by atoms with van der Waals surface area (Å²) in [4.78, 5) is 0. The van der Waals surface area contributed by atoms with Crippen LogP contribution in [-0.4, -0.2) is 19.3 Å². The van der Waals surface area contributed by atoms with E-state index in [-0.39, 0.29) is 0 Å². The first-order chi connectivity index (χ1) is 6.75. The SMILES string of the molecule is C[C@H]1CN[C@H](c2ccc(Br)cc2)CO1. The van der Waals surface area contributed by atoms with Gasteiger partial charge in [-0.05, 0) is 24.6 Å². The van der Waals surface area contributed by atoms with Gasteiger partial charge in [0.15, 0.2) is 0 Å². The molecular weight excluding hydrogens is 242 g/mol. The number of nitrogens with one attached hydrogen (secondary N) is 1. The first-order valence-corrected chi connectivity index (χ1v) is 5.65. The highest BCUT2D eigenvalue weighted by Gasteiger charge is 2.18. The zero-order valence-electron chi connectivity index (χ0n) is 8.16. The van der Waals surface area contributed by atoms with Gasteiger partial charge in [-0.15, -0.1) is 0 Å². The van der Waals surface area contributed by atoms with Gasteiger partial charge >= 0.3 is 0 Å². The van der Waals surface area contributed by atoms with E-state index in [1.54, 1.807) is 0 Å². The van der Waals surface area contributed by atoms with Gasteiger partial charge in [0.1, 0.15) is 0 Å². The van der Waals surface area contributed by atoms with Gasteiger partial charge in [-0.2, -0.15) is 0 Å². The van der Waals surface area contributed by atoms with E-state index in [1.165, 1.54) is 5.56 Å². The minimum atomic E-state index is 0.335. The summed E-state index contributed by atoms with van der Waals surface area (Å²) >= 11 is 3.43. The van der Waals surface area contributed by atoms with Crippen LogP contribution in [0.15, 0.2) is 28.7 Å². The summed E-state index contributed by atoms with van der Waals surface area (Å²) in [5.41, 5.74) is 1.29. The summed E-state index contributed by atoms with van der Waals surface area (Å²) in [6.07, 6.45) is 0.335. The molecule has 1 N–H and O–H groups in total. The molecule has 1 aromatic carbocycles. The molecular formula is C11H14BrNO. The lowest BCUT2D eigenvalue weighted by Gasteiger charge is -2.28. The molecule has 0 spiro atoms. The van der Waals surface area contributed by atoms with E-state index in [0.29, 0.717) is 12.1 Å². The Morgan fingerprint density at radius 1 is 1.36 bits per heavy atom. The van der Waals surface area contributed by atoms with Gasteiger partial charge < -0.3 is 10.1 Å². The Labute approximate surface area is 92.8 Å². The van der Waals surface area contributed by atoms with E-state index in [4.69, 9.17) is 4.74 Å². The monoisotopic (exact) mass is 255 g/mol. The minimum absolute atomic E-state index is 0.335. The average Bonchev–Trinajstić information content (AvgIpc) is 2.21. The van der Waals surface area contributed by atoms with Crippen molar-refractivity contribution >= 4 is 15.9 Å². The zero-order valence-corrected chi connectivity index (χ0v) is 9.75. The molecule has 0 bridgehead atoms. The lowest BCUT2D eigenvalue weighted by molar-refractivity contribution is 0.0149. The fourth-order valence-electron chi connectivity index (χ4n) is 1.60. The van der Waals surface area contributed by atoms with E-state index < -0.39 is 0 Å². The molecule has 1 aromatic rings. The van der Waals surface area contributed by atoms with Crippen LogP contribution in [0.2, 0.25) is 0 Å². The maximum atomic E-state index is 5.60. The van der Waals surface area contributed by atoms with Crippen LogP contribution in [0.4, 0.5) is 0 Å². The fourth-order valence-corrected chi connectivity index (χ4v) is 1.86. The minimum Gasteiger partial charge on any atom is -0.375 e. The van der Waals surface area contributed by atoms with Crippen molar-refractivity contribution in [3.8, 4) is 0 Å². The molecule has 3 heteroatoms. The van der Waals surface area contributed by atoms with Crippen LogP contribution in [0.3, 0.4) is 0 Å². The third-order valence-corrected chi connectivity index (χ3v) is 3.00. The Balaban J connectivity index is 2.05. The Kier molecular flexibility index (Phi) is 3.21. The summed E-state index contributed by atoms with van der Waals surface area (Å²) in [6.45, 7) is 3.79. The van der Waals surface area contributed by atoms with Gasteiger partial charge in [-0.25, -0.2) is 0 Å². The third kappa shape index (κ3) is 2.35. The summed E-state index contributed by atoms with van der Waals surface area (Å²) < 4.78 is 6.72. The van der Waals surface area contributed by atoms with Crippen molar-refractivity contribution in [2.24, 2.45) is 0 Å². The summed E-state index contributed by atoms with van der Waals surface area (Å²) in [6, 6.07) is 8.73. The smallest absolute Gasteiger partial charge is 0.0672 e. The van der Waals surface area contributed by atoms with Crippen molar-refractivity contribution < 1.29 is 4.74 Å². The quantitative estimate of drug-likeness (QED) is 0.833. The van der Waals surface area contributed by atoms with Crippen LogP contribution >= 0.6 is 15.9 Å². The van der Waals surface area contributed by atoms with Gasteiger partial charge in [0.05, 0.1) is 18.8 Å². The molecule has 1 saturated heterocycles. The van der Waals surface area contributed by atoms with Crippen LogP contribution in [0.5, 0.6) is 0 Å². The molecule has 1 aliphatic heterocycles. The van der Waals surface area contributed by atoms with Gasteiger partial charge in [0.25, 0.3) is 0 Å². The van der Waals surface area contributed by atoms with Gasteiger partial charge in [-0.1, -0.05) is 28.1 Å². The fraction of sp³-hybridized carbons (Fsp3) is 0.455. The number of hydrogen-bond acceptors (Lipinski definition) is 2. The maximum Gasteiger partial charge on any atom is 0.0672 e. The number of halogens is 1. The Morgan fingerprint density at radius 2 is 2.07 bits per heavy atom. The Morgan fingerprint density at radius 3 is 2.64 bits per heavy atom. The first-order valence-electron chi connectivity index (χ1n) is 4.86. The van der Waals surface area contributed by atoms with E-state index >= 15 is 0 Å². The normalized spacial score (nSPS) is 27.6. The van der Waals surface area contributed by atoms with E-state index in [0.717, 1.165) is 17.6 Å². The second kappa shape index (κ2) is 4.43. The van der Waals surface area contributed by atoms with E-state index in [9.17, 15) is 0 Å². The number of benzene rings is 1. The zero-order chi connectivity index (χ0) is 9.97. The second-order valence-corrected chi connectivity index (χ2v) is 4.57. The van der Waals surface area contributed by atoms with E-state index in [1.807, 2.05) is 0 Å². The maximum absolute atomic E-state index is 5.60. The number of hydrogen-bond donors (Lipinski definition) is 1. The first kappa shape index (κ1) is 10.1. The predicted octanol–water partition coefficient (Wildman–Crippen LogP) is 2.50. The van der Waals surface area contributed by atoms with Crippen molar-refractivity contribution in [3.05, 3.63) is 34.3 Å². The standard InChI is InChI=1S/C11H14BrNO/c1-8-6-13-11(7-14-8)9-2-4-10(12)5-3-9/h2-5,8,11,13H,6-7H2,1H3/t8-,11-/m0/s1. The van der Waals surface area contributed by atoms with Crippen LogP contribution in [0, 0.1) is 0 Å². The lowest BCUT2D eigenvalue weighted by atomic mass is 10.1. The van der Waals surface area contributed by atoms with E-state index in [2.05, 4.69) is 52.4 Å². The molecule has 0 saturated carbocycles. The molecule has 1 fully saturated rings. The molecule has 1 aliphatic rings.